The fourth-order valence-corrected chi connectivity index (χ4v) is 4.98. The van der Waals surface area contributed by atoms with Gasteiger partial charge in [0.25, 0.3) is 0 Å². The summed E-state index contributed by atoms with van der Waals surface area (Å²) in [5, 5.41) is 13.8. The molecule has 0 heterocycles. The van der Waals surface area contributed by atoms with Crippen LogP contribution in [-0.2, 0) is 10.2 Å². The summed E-state index contributed by atoms with van der Waals surface area (Å²) >= 11 is 0. The number of hydrogen-bond acceptors (Lipinski definition) is 2. The van der Waals surface area contributed by atoms with Gasteiger partial charge < -0.3 is 10.4 Å². The molecule has 1 atom stereocenters. The number of rotatable bonds is 7. The third-order valence-corrected chi connectivity index (χ3v) is 6.72. The summed E-state index contributed by atoms with van der Waals surface area (Å²) in [5.74, 6) is 0.0901. The molecule has 0 aliphatic heterocycles. The van der Waals surface area contributed by atoms with Crippen LogP contribution in [0.3, 0.4) is 0 Å². The quantitative estimate of drug-likeness (QED) is 0.510. The van der Waals surface area contributed by atoms with E-state index in [4.69, 9.17) is 0 Å². The molecule has 160 valence electrons. The van der Waals surface area contributed by atoms with Gasteiger partial charge in [-0.3, -0.25) is 4.79 Å². The molecule has 0 saturated heterocycles. The molecule has 2 N–H and O–H groups in total. The predicted molar refractivity (Wildman–Crippen MR) is 125 cm³/mol. The van der Waals surface area contributed by atoms with Gasteiger partial charge in [-0.25, -0.2) is 0 Å². The maximum atomic E-state index is 13.1. The number of hydrogen-bond donors (Lipinski definition) is 2. The lowest BCUT2D eigenvalue weighted by Gasteiger charge is -2.30. The number of benzene rings is 3. The van der Waals surface area contributed by atoms with Crippen molar-refractivity contribution in [3.05, 3.63) is 101 Å². The Hall–Kier alpha value is -3.07. The normalized spacial score (nSPS) is 16.0. The fourth-order valence-electron chi connectivity index (χ4n) is 4.98. The first kappa shape index (κ1) is 21.2. The van der Waals surface area contributed by atoms with Crippen LogP contribution in [0.4, 0.5) is 0 Å². The number of aryl methyl sites for hydroxylation is 1. The van der Waals surface area contributed by atoms with E-state index in [9.17, 15) is 9.90 Å². The molecule has 1 fully saturated rings. The topological polar surface area (TPSA) is 49.3 Å². The summed E-state index contributed by atoms with van der Waals surface area (Å²) in [6.07, 6.45) is 4.94. The molecule has 0 spiro atoms. The van der Waals surface area contributed by atoms with Crippen LogP contribution in [0.1, 0.15) is 60.3 Å². The summed E-state index contributed by atoms with van der Waals surface area (Å²) in [4.78, 5) is 13.1. The Kier molecular flexibility index (Phi) is 6.41. The molecular formula is C28H31NO2. The van der Waals surface area contributed by atoms with E-state index in [-0.39, 0.29) is 23.0 Å². The monoisotopic (exact) mass is 413 g/mol. The average molecular weight is 414 g/mol. The largest absolute Gasteiger partial charge is 0.508 e. The Morgan fingerprint density at radius 1 is 0.968 bits per heavy atom. The van der Waals surface area contributed by atoms with Gasteiger partial charge in [0, 0.05) is 29.9 Å². The molecule has 0 unspecified atom stereocenters. The molecule has 4 rings (SSSR count). The van der Waals surface area contributed by atoms with Gasteiger partial charge in [0.05, 0.1) is 0 Å². The Balaban J connectivity index is 1.53. The molecule has 1 saturated carbocycles. The second kappa shape index (κ2) is 9.38. The number of nitrogens with one attached hydrogen (secondary N) is 1. The Labute approximate surface area is 185 Å². The highest BCUT2D eigenvalue weighted by Gasteiger charge is 2.36. The van der Waals surface area contributed by atoms with Gasteiger partial charge in [0.15, 0.2) is 0 Å². The van der Waals surface area contributed by atoms with Crippen molar-refractivity contribution in [3.8, 4) is 5.75 Å². The third-order valence-electron chi connectivity index (χ3n) is 6.72. The van der Waals surface area contributed by atoms with Crippen molar-refractivity contribution in [1.82, 2.24) is 5.32 Å². The summed E-state index contributed by atoms with van der Waals surface area (Å²) in [5.41, 5.74) is 4.19. The molecule has 3 aromatic rings. The lowest BCUT2D eigenvalue weighted by molar-refractivity contribution is -0.121. The molecule has 3 aromatic carbocycles. The van der Waals surface area contributed by atoms with E-state index in [1.54, 1.807) is 6.07 Å². The number of aromatic hydroxyl groups is 1. The van der Waals surface area contributed by atoms with Crippen LogP contribution in [0.5, 0.6) is 5.75 Å². The highest BCUT2D eigenvalue weighted by molar-refractivity contribution is 5.78. The van der Waals surface area contributed by atoms with Crippen LogP contribution in [0.25, 0.3) is 0 Å². The smallest absolute Gasteiger partial charge is 0.220 e. The van der Waals surface area contributed by atoms with E-state index in [1.165, 1.54) is 18.4 Å². The molecule has 0 bridgehead atoms. The second-order valence-electron chi connectivity index (χ2n) is 8.86. The molecule has 1 aliphatic rings. The van der Waals surface area contributed by atoms with Gasteiger partial charge in [0.2, 0.25) is 5.91 Å². The van der Waals surface area contributed by atoms with Crippen molar-refractivity contribution >= 4 is 5.91 Å². The molecule has 0 radical (unpaired) electrons. The van der Waals surface area contributed by atoms with Crippen LogP contribution >= 0.6 is 0 Å². The van der Waals surface area contributed by atoms with Gasteiger partial charge in [-0.05, 0) is 42.5 Å². The lowest BCUT2D eigenvalue weighted by atomic mass is 9.78. The van der Waals surface area contributed by atoms with Gasteiger partial charge in [0.1, 0.15) is 5.75 Å². The molecule has 31 heavy (non-hydrogen) atoms. The zero-order chi connectivity index (χ0) is 21.7. The molecule has 3 heteroatoms. The molecular weight excluding hydrogens is 382 g/mol. The third kappa shape index (κ3) is 4.82. The van der Waals surface area contributed by atoms with Crippen molar-refractivity contribution in [2.75, 3.05) is 6.54 Å². The number of phenolic OH excluding ortho intramolecular Hbond substituents is 1. The highest BCUT2D eigenvalue weighted by atomic mass is 16.3. The standard InChI is InChI=1S/C28H31NO2/c1-21-14-15-24(26(30)18-21)25(22-10-4-2-5-11-22)19-27(31)29-20-28(16-8-9-17-28)23-12-6-3-7-13-23/h2-7,10-15,18,25,30H,8-9,16-17,19-20H2,1H3,(H,29,31)/t25-/m0/s1. The zero-order valence-corrected chi connectivity index (χ0v) is 18.2. The lowest BCUT2D eigenvalue weighted by Crippen LogP contribution is -2.39. The van der Waals surface area contributed by atoms with Crippen LogP contribution in [0.2, 0.25) is 0 Å². The number of amides is 1. The first-order valence-electron chi connectivity index (χ1n) is 11.2. The van der Waals surface area contributed by atoms with Crippen LogP contribution in [-0.4, -0.2) is 17.6 Å². The van der Waals surface area contributed by atoms with Crippen LogP contribution in [0.15, 0.2) is 78.9 Å². The highest BCUT2D eigenvalue weighted by Crippen LogP contribution is 2.41. The Morgan fingerprint density at radius 2 is 1.61 bits per heavy atom. The second-order valence-corrected chi connectivity index (χ2v) is 8.86. The maximum absolute atomic E-state index is 13.1. The fraction of sp³-hybridized carbons (Fsp3) is 0.321. The summed E-state index contributed by atoms with van der Waals surface area (Å²) < 4.78 is 0. The predicted octanol–water partition coefficient (Wildman–Crippen LogP) is 5.85. The van der Waals surface area contributed by atoms with Crippen molar-refractivity contribution in [3.63, 3.8) is 0 Å². The van der Waals surface area contributed by atoms with Crippen molar-refractivity contribution in [2.24, 2.45) is 0 Å². The summed E-state index contributed by atoms with van der Waals surface area (Å²) in [6.45, 7) is 2.62. The van der Waals surface area contributed by atoms with Crippen LogP contribution < -0.4 is 5.32 Å². The minimum absolute atomic E-state index is 0.0241. The molecule has 1 amide bonds. The SMILES string of the molecule is Cc1ccc([C@@H](CC(=O)NCC2(c3ccccc3)CCCC2)c2ccccc2)c(O)c1. The molecule has 0 aromatic heterocycles. The van der Waals surface area contributed by atoms with Crippen molar-refractivity contribution < 1.29 is 9.90 Å². The van der Waals surface area contributed by atoms with E-state index in [0.717, 1.165) is 29.5 Å². The van der Waals surface area contributed by atoms with Crippen molar-refractivity contribution in [2.45, 2.75) is 50.4 Å². The minimum atomic E-state index is -0.182. The maximum Gasteiger partial charge on any atom is 0.220 e. The van der Waals surface area contributed by atoms with E-state index in [1.807, 2.05) is 55.5 Å². The van der Waals surface area contributed by atoms with Gasteiger partial charge >= 0.3 is 0 Å². The average Bonchev–Trinajstić information content (AvgIpc) is 3.28. The van der Waals surface area contributed by atoms with Gasteiger partial charge in [-0.1, -0.05) is 85.6 Å². The first-order valence-corrected chi connectivity index (χ1v) is 11.2. The number of carbonyl (C=O) groups is 1. The van der Waals surface area contributed by atoms with E-state index < -0.39 is 0 Å². The Bertz CT molecular complexity index is 1010. The van der Waals surface area contributed by atoms with Gasteiger partial charge in [-0.2, -0.15) is 0 Å². The van der Waals surface area contributed by atoms with Crippen LogP contribution in [0, 0.1) is 6.92 Å². The first-order chi connectivity index (χ1) is 15.1. The van der Waals surface area contributed by atoms with Gasteiger partial charge in [-0.15, -0.1) is 0 Å². The molecule has 3 nitrogen and oxygen atoms in total. The van der Waals surface area contributed by atoms with E-state index >= 15 is 0 Å². The number of carbonyl (C=O) groups excluding carboxylic acids is 1. The summed E-state index contributed by atoms with van der Waals surface area (Å²) in [7, 11) is 0. The summed E-state index contributed by atoms with van der Waals surface area (Å²) in [6, 6.07) is 26.3. The van der Waals surface area contributed by atoms with E-state index in [0.29, 0.717) is 13.0 Å². The minimum Gasteiger partial charge on any atom is -0.508 e. The van der Waals surface area contributed by atoms with E-state index in [2.05, 4.69) is 29.6 Å². The zero-order valence-electron chi connectivity index (χ0n) is 18.2. The molecule has 1 aliphatic carbocycles. The Morgan fingerprint density at radius 3 is 2.26 bits per heavy atom. The van der Waals surface area contributed by atoms with Crippen molar-refractivity contribution in [1.29, 1.82) is 0 Å². The number of phenols is 1.